The third-order valence-electron chi connectivity index (χ3n) is 2.15. The Labute approximate surface area is 86.1 Å². The second kappa shape index (κ2) is 4.63. The minimum Gasteiger partial charge on any atom is -0.326 e. The molecule has 0 spiro atoms. The monoisotopic (exact) mass is 218 g/mol. The van der Waals surface area contributed by atoms with Crippen LogP contribution in [0.5, 0.6) is 0 Å². The van der Waals surface area contributed by atoms with Gasteiger partial charge < -0.3 is 11.5 Å². The van der Waals surface area contributed by atoms with Crippen LogP contribution in [-0.4, -0.2) is 18.3 Å². The fourth-order valence-corrected chi connectivity index (χ4v) is 1.26. The van der Waals surface area contributed by atoms with Gasteiger partial charge in [-0.2, -0.15) is 13.2 Å². The third kappa shape index (κ3) is 3.53. The second-order valence-electron chi connectivity index (χ2n) is 3.42. The number of nitrogens with two attached hydrogens (primary N) is 2. The van der Waals surface area contributed by atoms with Gasteiger partial charge in [-0.3, -0.25) is 0 Å². The van der Waals surface area contributed by atoms with Crippen LogP contribution in [0.2, 0.25) is 0 Å². The average molecular weight is 218 g/mol. The van der Waals surface area contributed by atoms with Gasteiger partial charge in [-0.05, 0) is 12.0 Å². The van der Waals surface area contributed by atoms with Crippen molar-refractivity contribution in [2.45, 2.75) is 24.7 Å². The van der Waals surface area contributed by atoms with Crippen molar-refractivity contribution in [2.75, 3.05) is 0 Å². The lowest BCUT2D eigenvalue weighted by molar-refractivity contribution is -0.151. The number of halogens is 3. The Hall–Kier alpha value is -1.07. The Bertz CT molecular complexity index is 297. The molecule has 5 heteroatoms. The molecule has 0 heterocycles. The highest BCUT2D eigenvalue weighted by Crippen LogP contribution is 2.21. The normalized spacial score (nSPS) is 16.1. The lowest BCUT2D eigenvalue weighted by Gasteiger charge is -2.22. The smallest absolute Gasteiger partial charge is 0.326 e. The molecule has 0 bridgehead atoms. The number of rotatable bonds is 3. The van der Waals surface area contributed by atoms with Crippen LogP contribution >= 0.6 is 0 Å². The van der Waals surface area contributed by atoms with E-state index in [4.69, 9.17) is 11.5 Å². The van der Waals surface area contributed by atoms with Crippen molar-refractivity contribution in [1.29, 1.82) is 0 Å². The summed E-state index contributed by atoms with van der Waals surface area (Å²) in [5.41, 5.74) is 11.1. The maximum Gasteiger partial charge on any atom is 0.405 e. The topological polar surface area (TPSA) is 52.0 Å². The van der Waals surface area contributed by atoms with Crippen molar-refractivity contribution >= 4 is 0 Å². The van der Waals surface area contributed by atoms with E-state index in [-0.39, 0.29) is 6.42 Å². The molecule has 0 fully saturated rings. The van der Waals surface area contributed by atoms with Gasteiger partial charge in [0.15, 0.2) is 0 Å². The van der Waals surface area contributed by atoms with Gasteiger partial charge in [0.05, 0.1) is 0 Å². The number of hydrogen-bond acceptors (Lipinski definition) is 2. The quantitative estimate of drug-likeness (QED) is 0.806. The van der Waals surface area contributed by atoms with Crippen LogP contribution in [0.15, 0.2) is 30.3 Å². The highest BCUT2D eigenvalue weighted by atomic mass is 19.4. The first-order valence-corrected chi connectivity index (χ1v) is 4.53. The molecule has 0 amide bonds. The van der Waals surface area contributed by atoms with Crippen LogP contribution in [0.3, 0.4) is 0 Å². The Morgan fingerprint density at radius 3 is 2.07 bits per heavy atom. The number of alkyl halides is 3. The van der Waals surface area contributed by atoms with E-state index >= 15 is 0 Å². The molecule has 0 saturated heterocycles. The van der Waals surface area contributed by atoms with E-state index in [1.807, 2.05) is 0 Å². The maximum atomic E-state index is 12.2. The first kappa shape index (κ1) is 12.0. The second-order valence-corrected chi connectivity index (χ2v) is 3.42. The molecule has 1 rings (SSSR count). The zero-order valence-corrected chi connectivity index (χ0v) is 8.04. The Morgan fingerprint density at radius 2 is 1.60 bits per heavy atom. The van der Waals surface area contributed by atoms with Crippen LogP contribution in [-0.2, 0) is 6.42 Å². The highest BCUT2D eigenvalue weighted by molar-refractivity contribution is 5.16. The van der Waals surface area contributed by atoms with Crippen molar-refractivity contribution < 1.29 is 13.2 Å². The molecule has 0 aliphatic heterocycles. The lowest BCUT2D eigenvalue weighted by atomic mass is 10.0. The summed E-state index contributed by atoms with van der Waals surface area (Å²) in [4.78, 5) is 0. The summed E-state index contributed by atoms with van der Waals surface area (Å²) in [7, 11) is 0. The summed E-state index contributed by atoms with van der Waals surface area (Å²) in [6, 6.07) is 5.66. The van der Waals surface area contributed by atoms with Gasteiger partial charge in [-0.1, -0.05) is 30.3 Å². The van der Waals surface area contributed by atoms with Crippen molar-refractivity contribution in [3.8, 4) is 0 Å². The van der Waals surface area contributed by atoms with E-state index in [9.17, 15) is 13.2 Å². The van der Waals surface area contributed by atoms with Gasteiger partial charge in [-0.25, -0.2) is 0 Å². The first-order chi connectivity index (χ1) is 6.91. The van der Waals surface area contributed by atoms with Gasteiger partial charge in [0.2, 0.25) is 0 Å². The molecule has 0 aromatic heterocycles. The van der Waals surface area contributed by atoms with Crippen LogP contribution < -0.4 is 11.5 Å². The van der Waals surface area contributed by atoms with Crippen LogP contribution in [0.4, 0.5) is 13.2 Å². The number of benzene rings is 1. The molecule has 1 aromatic rings. The van der Waals surface area contributed by atoms with Crippen LogP contribution in [0.25, 0.3) is 0 Å². The van der Waals surface area contributed by atoms with E-state index in [0.717, 1.165) is 5.56 Å². The molecule has 4 N–H and O–H groups in total. The molecule has 2 atom stereocenters. The molecule has 1 aromatic carbocycles. The van der Waals surface area contributed by atoms with Crippen molar-refractivity contribution in [3.05, 3.63) is 35.9 Å². The summed E-state index contributed by atoms with van der Waals surface area (Å²) in [5.74, 6) is 0. The minimum atomic E-state index is -4.44. The molecule has 84 valence electrons. The molecule has 2 unspecified atom stereocenters. The van der Waals surface area contributed by atoms with Gasteiger partial charge in [0, 0.05) is 6.04 Å². The fourth-order valence-electron chi connectivity index (χ4n) is 1.26. The standard InChI is InChI=1S/C10H13F3N2/c11-10(12,13)9(15)8(14)6-7-4-2-1-3-5-7/h1-5,8-9H,6,14-15H2. The van der Waals surface area contributed by atoms with Crippen molar-refractivity contribution in [3.63, 3.8) is 0 Å². The van der Waals surface area contributed by atoms with Crippen molar-refractivity contribution in [1.82, 2.24) is 0 Å². The summed E-state index contributed by atoms with van der Waals surface area (Å²) in [6.07, 6.45) is -4.31. The molecular weight excluding hydrogens is 205 g/mol. The zero-order chi connectivity index (χ0) is 11.5. The van der Waals surface area contributed by atoms with Crippen LogP contribution in [0, 0.1) is 0 Å². The summed E-state index contributed by atoms with van der Waals surface area (Å²) < 4.78 is 36.6. The van der Waals surface area contributed by atoms with Crippen molar-refractivity contribution in [2.24, 2.45) is 11.5 Å². The average Bonchev–Trinajstić information content (AvgIpc) is 2.16. The molecule has 0 saturated carbocycles. The van der Waals surface area contributed by atoms with E-state index in [2.05, 4.69) is 0 Å². The maximum absolute atomic E-state index is 12.2. The van der Waals surface area contributed by atoms with E-state index in [1.54, 1.807) is 30.3 Å². The molecule has 0 aliphatic carbocycles. The SMILES string of the molecule is NC(Cc1ccccc1)C(N)C(F)(F)F. The van der Waals surface area contributed by atoms with Crippen LogP contribution in [0.1, 0.15) is 5.56 Å². The van der Waals surface area contributed by atoms with Gasteiger partial charge in [0.1, 0.15) is 6.04 Å². The molecule has 2 nitrogen and oxygen atoms in total. The Morgan fingerprint density at radius 1 is 1.07 bits per heavy atom. The molecule has 0 aliphatic rings. The zero-order valence-electron chi connectivity index (χ0n) is 8.04. The highest BCUT2D eigenvalue weighted by Gasteiger charge is 2.40. The lowest BCUT2D eigenvalue weighted by Crippen LogP contribution is -2.52. The predicted octanol–water partition coefficient (Wildman–Crippen LogP) is 1.45. The summed E-state index contributed by atoms with van der Waals surface area (Å²) in [6.45, 7) is 0. The van der Waals surface area contributed by atoms with E-state index in [1.165, 1.54) is 0 Å². The summed E-state index contributed by atoms with van der Waals surface area (Å²) in [5, 5.41) is 0. The summed E-state index contributed by atoms with van der Waals surface area (Å²) >= 11 is 0. The first-order valence-electron chi connectivity index (χ1n) is 4.53. The largest absolute Gasteiger partial charge is 0.405 e. The minimum absolute atomic E-state index is 0.127. The number of hydrogen-bond donors (Lipinski definition) is 2. The molecule has 0 radical (unpaired) electrons. The van der Waals surface area contributed by atoms with E-state index in [0.29, 0.717) is 0 Å². The third-order valence-corrected chi connectivity index (χ3v) is 2.15. The van der Waals surface area contributed by atoms with Gasteiger partial charge >= 0.3 is 6.18 Å². The van der Waals surface area contributed by atoms with E-state index < -0.39 is 18.3 Å². The van der Waals surface area contributed by atoms with Gasteiger partial charge in [0.25, 0.3) is 0 Å². The predicted molar refractivity (Wildman–Crippen MR) is 52.2 cm³/mol. The fraction of sp³-hybridized carbons (Fsp3) is 0.400. The molecule has 15 heavy (non-hydrogen) atoms. The Balaban J connectivity index is 2.60. The molecular formula is C10H13F3N2. The Kier molecular flexibility index (Phi) is 3.71. The van der Waals surface area contributed by atoms with Gasteiger partial charge in [-0.15, -0.1) is 0 Å².